The van der Waals surface area contributed by atoms with Crippen LogP contribution in [-0.2, 0) is 24.0 Å². The normalized spacial score (nSPS) is 16.2. The van der Waals surface area contributed by atoms with Gasteiger partial charge in [-0.05, 0) is 13.8 Å². The number of hydrogen-bond donors (Lipinski definition) is 8. The number of hydrogen-bond acceptors (Lipinski definition) is 8. The molecule has 0 radical (unpaired) electrons. The van der Waals surface area contributed by atoms with Gasteiger partial charge in [0.1, 0.15) is 18.1 Å². The molecule has 27 heavy (non-hydrogen) atoms. The van der Waals surface area contributed by atoms with Crippen LogP contribution in [0.3, 0.4) is 0 Å². The van der Waals surface area contributed by atoms with Gasteiger partial charge in [0.05, 0.1) is 25.2 Å². The van der Waals surface area contributed by atoms with Crippen LogP contribution < -0.4 is 21.7 Å². The molecule has 9 N–H and O–H groups in total. The Morgan fingerprint density at radius 1 is 0.926 bits per heavy atom. The van der Waals surface area contributed by atoms with E-state index in [4.69, 9.17) is 21.1 Å². The summed E-state index contributed by atoms with van der Waals surface area (Å²) in [4.78, 5) is 57.2. The van der Waals surface area contributed by atoms with Crippen LogP contribution in [0.25, 0.3) is 0 Å². The Morgan fingerprint density at radius 2 is 1.48 bits per heavy atom. The van der Waals surface area contributed by atoms with Crippen molar-refractivity contribution in [3.8, 4) is 0 Å². The molecule has 0 aliphatic rings. The van der Waals surface area contributed by atoms with Crippen molar-refractivity contribution in [2.24, 2.45) is 5.73 Å². The maximum atomic E-state index is 12.1. The highest BCUT2D eigenvalue weighted by Gasteiger charge is 2.31. The maximum absolute atomic E-state index is 12.1. The molecule has 0 aromatic carbocycles. The SMILES string of the molecule is CC(NC(=O)C(N)CC(=O)O)C(=O)NC(C(=O)NC(CO)C(=O)O)C(C)O. The molecule has 0 aromatic heterocycles. The van der Waals surface area contributed by atoms with Crippen molar-refractivity contribution in [2.75, 3.05) is 6.61 Å². The van der Waals surface area contributed by atoms with Crippen molar-refractivity contribution in [1.82, 2.24) is 16.0 Å². The first kappa shape index (κ1) is 24.2. The van der Waals surface area contributed by atoms with Crippen LogP contribution in [-0.4, -0.2) is 87.0 Å². The Balaban J connectivity index is 4.92. The summed E-state index contributed by atoms with van der Waals surface area (Å²) in [6, 6.07) is -5.84. The molecule has 13 heteroatoms. The van der Waals surface area contributed by atoms with E-state index in [-0.39, 0.29) is 0 Å². The van der Waals surface area contributed by atoms with E-state index in [2.05, 4.69) is 10.6 Å². The Labute approximate surface area is 153 Å². The fourth-order valence-electron chi connectivity index (χ4n) is 1.80. The molecule has 0 bridgehead atoms. The van der Waals surface area contributed by atoms with Gasteiger partial charge in [0, 0.05) is 0 Å². The molecule has 154 valence electrons. The van der Waals surface area contributed by atoms with E-state index in [9.17, 15) is 29.1 Å². The molecule has 0 aromatic rings. The van der Waals surface area contributed by atoms with Gasteiger partial charge in [-0.3, -0.25) is 19.2 Å². The zero-order valence-electron chi connectivity index (χ0n) is 14.7. The lowest BCUT2D eigenvalue weighted by Crippen LogP contribution is -2.59. The Morgan fingerprint density at radius 3 is 1.89 bits per heavy atom. The zero-order valence-corrected chi connectivity index (χ0v) is 14.7. The topological polar surface area (TPSA) is 228 Å². The fourth-order valence-corrected chi connectivity index (χ4v) is 1.80. The first-order valence-electron chi connectivity index (χ1n) is 7.80. The summed E-state index contributed by atoms with van der Waals surface area (Å²) in [6.07, 6.45) is -2.09. The van der Waals surface area contributed by atoms with Crippen molar-refractivity contribution >= 4 is 29.7 Å². The minimum Gasteiger partial charge on any atom is -0.481 e. The average Bonchev–Trinajstić information content (AvgIpc) is 2.55. The van der Waals surface area contributed by atoms with Gasteiger partial charge in [-0.15, -0.1) is 0 Å². The second-order valence-electron chi connectivity index (χ2n) is 5.74. The molecule has 0 saturated carbocycles. The van der Waals surface area contributed by atoms with Crippen molar-refractivity contribution in [3.05, 3.63) is 0 Å². The van der Waals surface area contributed by atoms with E-state index >= 15 is 0 Å². The monoisotopic (exact) mass is 392 g/mol. The van der Waals surface area contributed by atoms with E-state index in [1.807, 2.05) is 5.32 Å². The van der Waals surface area contributed by atoms with Gasteiger partial charge < -0.3 is 42.1 Å². The number of aliphatic carboxylic acids is 2. The lowest BCUT2D eigenvalue weighted by Gasteiger charge is -2.24. The van der Waals surface area contributed by atoms with Crippen LogP contribution in [0.1, 0.15) is 20.3 Å². The van der Waals surface area contributed by atoms with Crippen LogP contribution in [0, 0.1) is 0 Å². The molecular weight excluding hydrogens is 368 g/mol. The van der Waals surface area contributed by atoms with Crippen molar-refractivity contribution in [2.45, 2.75) is 50.5 Å². The number of carbonyl (C=O) groups is 5. The maximum Gasteiger partial charge on any atom is 0.328 e. The van der Waals surface area contributed by atoms with Crippen LogP contribution >= 0.6 is 0 Å². The average molecular weight is 392 g/mol. The quantitative estimate of drug-likeness (QED) is 0.169. The molecule has 0 saturated heterocycles. The standard InChI is InChI=1S/C14H24N4O9/c1-5(16-12(24)7(15)3-9(21)22)11(23)18-10(6(2)20)13(25)17-8(4-19)14(26)27/h5-8,10,19-20H,3-4,15H2,1-2H3,(H,16,24)(H,17,25)(H,18,23)(H,21,22)(H,26,27). The van der Waals surface area contributed by atoms with Gasteiger partial charge in [-0.1, -0.05) is 0 Å². The molecule has 0 heterocycles. The lowest BCUT2D eigenvalue weighted by molar-refractivity contribution is -0.144. The molecule has 0 rings (SSSR count). The summed E-state index contributed by atoms with van der Waals surface area (Å²) in [6.45, 7) is 1.48. The number of nitrogens with two attached hydrogens (primary N) is 1. The molecule has 5 unspecified atom stereocenters. The summed E-state index contributed by atoms with van der Waals surface area (Å²) in [5.41, 5.74) is 5.35. The van der Waals surface area contributed by atoms with Gasteiger partial charge >= 0.3 is 11.9 Å². The second kappa shape index (κ2) is 11.1. The first-order valence-corrected chi connectivity index (χ1v) is 7.80. The van der Waals surface area contributed by atoms with Crippen LogP contribution in [0.4, 0.5) is 0 Å². The second-order valence-corrected chi connectivity index (χ2v) is 5.74. The van der Waals surface area contributed by atoms with E-state index in [1.165, 1.54) is 6.92 Å². The number of rotatable bonds is 11. The summed E-state index contributed by atoms with van der Waals surface area (Å²) < 4.78 is 0. The molecule has 0 aliphatic heterocycles. The number of carboxylic acids is 2. The van der Waals surface area contributed by atoms with E-state index in [0.717, 1.165) is 6.92 Å². The lowest BCUT2D eigenvalue weighted by atomic mass is 10.1. The first-order chi connectivity index (χ1) is 12.4. The third-order valence-corrected chi connectivity index (χ3v) is 3.34. The van der Waals surface area contributed by atoms with E-state index in [1.54, 1.807) is 0 Å². The van der Waals surface area contributed by atoms with Crippen molar-refractivity contribution < 1.29 is 44.4 Å². The predicted molar refractivity (Wildman–Crippen MR) is 88.1 cm³/mol. The number of carbonyl (C=O) groups excluding carboxylic acids is 3. The summed E-state index contributed by atoms with van der Waals surface area (Å²) in [5, 5.41) is 42.1. The molecular formula is C14H24N4O9. The van der Waals surface area contributed by atoms with E-state index < -0.39 is 73.0 Å². The minimum absolute atomic E-state index is 0.656. The van der Waals surface area contributed by atoms with Crippen molar-refractivity contribution in [3.63, 3.8) is 0 Å². The summed E-state index contributed by atoms with van der Waals surface area (Å²) in [5.74, 6) is -5.72. The third-order valence-electron chi connectivity index (χ3n) is 3.34. The number of carboxylic acid groups (broad SMARTS) is 2. The minimum atomic E-state index is -1.64. The van der Waals surface area contributed by atoms with Crippen LogP contribution in [0.2, 0.25) is 0 Å². The Bertz CT molecular complexity index is 581. The fraction of sp³-hybridized carbons (Fsp3) is 0.643. The highest BCUT2D eigenvalue weighted by atomic mass is 16.4. The number of amides is 3. The highest BCUT2D eigenvalue weighted by Crippen LogP contribution is 1.98. The van der Waals surface area contributed by atoms with Crippen LogP contribution in [0.5, 0.6) is 0 Å². The molecule has 0 spiro atoms. The Kier molecular flexibility index (Phi) is 9.92. The largest absolute Gasteiger partial charge is 0.481 e. The predicted octanol–water partition coefficient (Wildman–Crippen LogP) is -4.28. The van der Waals surface area contributed by atoms with Crippen molar-refractivity contribution in [1.29, 1.82) is 0 Å². The van der Waals surface area contributed by atoms with Gasteiger partial charge in [0.15, 0.2) is 0 Å². The van der Waals surface area contributed by atoms with E-state index in [0.29, 0.717) is 0 Å². The molecule has 5 atom stereocenters. The van der Waals surface area contributed by atoms with Gasteiger partial charge in [0.25, 0.3) is 0 Å². The molecule has 3 amide bonds. The van der Waals surface area contributed by atoms with Gasteiger partial charge in [-0.25, -0.2) is 4.79 Å². The zero-order chi connectivity index (χ0) is 21.3. The number of aliphatic hydroxyl groups excluding tert-OH is 2. The Hall–Kier alpha value is -2.77. The molecule has 0 aliphatic carbocycles. The third kappa shape index (κ3) is 8.44. The summed E-state index contributed by atoms with van der Waals surface area (Å²) >= 11 is 0. The molecule has 0 fully saturated rings. The van der Waals surface area contributed by atoms with Crippen LogP contribution in [0.15, 0.2) is 0 Å². The smallest absolute Gasteiger partial charge is 0.328 e. The number of aliphatic hydroxyl groups is 2. The number of nitrogens with one attached hydrogen (secondary N) is 3. The molecule has 13 nitrogen and oxygen atoms in total. The summed E-state index contributed by atoms with van der Waals surface area (Å²) in [7, 11) is 0. The van der Waals surface area contributed by atoms with Gasteiger partial charge in [-0.2, -0.15) is 0 Å². The van der Waals surface area contributed by atoms with Gasteiger partial charge in [0.2, 0.25) is 17.7 Å². The highest BCUT2D eigenvalue weighted by molar-refractivity contribution is 5.94.